The molecule has 0 fully saturated rings. The van der Waals surface area contributed by atoms with Crippen LogP contribution in [0, 0.1) is 0 Å². The number of hydrogen-bond acceptors (Lipinski definition) is 2. The predicted molar refractivity (Wildman–Crippen MR) is 51.6 cm³/mol. The number of aromatic amines is 2. The minimum Gasteiger partial charge on any atom is -0.306 e. The third kappa shape index (κ3) is 0.878. The number of carbonyl (C=O) groups excluding carboxylic acids is 1. The Kier molecular flexibility index (Phi) is 1.27. The number of carbonyl (C=O) groups is 1. The smallest absolute Gasteiger partial charge is 0.306 e. The lowest BCUT2D eigenvalue weighted by molar-refractivity contribution is 0.0994. The van der Waals surface area contributed by atoms with Gasteiger partial charge in [-0.2, -0.15) is 0 Å². The summed E-state index contributed by atoms with van der Waals surface area (Å²) in [6.45, 7) is 0. The van der Waals surface area contributed by atoms with Crippen molar-refractivity contribution in [1.29, 1.82) is 0 Å². The van der Waals surface area contributed by atoms with Crippen LogP contribution in [0.2, 0.25) is 0 Å². The van der Waals surface area contributed by atoms with Crippen molar-refractivity contribution in [3.8, 4) is 0 Å². The number of benzene rings is 1. The van der Waals surface area contributed by atoms with E-state index in [2.05, 4.69) is 9.97 Å². The molecule has 0 radical (unpaired) electrons. The third-order valence-corrected chi connectivity index (χ3v) is 2.66. The molecule has 2 N–H and O–H groups in total. The van der Waals surface area contributed by atoms with E-state index in [0.29, 0.717) is 11.9 Å². The van der Waals surface area contributed by atoms with Crippen molar-refractivity contribution in [3.05, 3.63) is 33.7 Å². The molecule has 0 atom stereocenters. The summed E-state index contributed by atoms with van der Waals surface area (Å²) in [5.74, 6) is 0.170. The summed E-state index contributed by atoms with van der Waals surface area (Å²) >= 11 is 0. The Labute approximate surface area is 79.0 Å². The lowest BCUT2D eigenvalue weighted by Gasteiger charge is -1.96. The predicted octanol–water partition coefficient (Wildman–Crippen LogP) is 0.985. The van der Waals surface area contributed by atoms with Crippen molar-refractivity contribution >= 4 is 16.8 Å². The first-order valence-electron chi connectivity index (χ1n) is 4.52. The average molecular weight is 188 g/mol. The maximum absolute atomic E-state index is 11.4. The summed E-state index contributed by atoms with van der Waals surface area (Å²) in [4.78, 5) is 27.7. The van der Waals surface area contributed by atoms with Crippen molar-refractivity contribution in [3.63, 3.8) is 0 Å². The zero-order chi connectivity index (χ0) is 9.71. The highest BCUT2D eigenvalue weighted by molar-refractivity contribution is 6.03. The van der Waals surface area contributed by atoms with E-state index in [1.165, 1.54) is 0 Å². The zero-order valence-corrected chi connectivity index (χ0v) is 7.39. The van der Waals surface area contributed by atoms with Gasteiger partial charge in [0.05, 0.1) is 11.0 Å². The Morgan fingerprint density at radius 2 is 1.71 bits per heavy atom. The number of imidazole rings is 1. The number of hydrogen-bond donors (Lipinski definition) is 2. The molecule has 3 rings (SSSR count). The molecule has 0 saturated heterocycles. The molecular weight excluding hydrogens is 180 g/mol. The van der Waals surface area contributed by atoms with Gasteiger partial charge < -0.3 is 9.97 Å². The standard InChI is InChI=1S/C10H8N2O2/c13-9-2-1-5-3-7-8(4-6(5)9)12-10(14)11-7/h3-4H,1-2H2,(H2,11,12,14). The van der Waals surface area contributed by atoms with Gasteiger partial charge in [-0.05, 0) is 24.1 Å². The second kappa shape index (κ2) is 2.35. The largest absolute Gasteiger partial charge is 0.323 e. The van der Waals surface area contributed by atoms with Gasteiger partial charge >= 0.3 is 5.69 Å². The third-order valence-electron chi connectivity index (χ3n) is 2.66. The molecule has 70 valence electrons. The molecule has 2 aromatic rings. The maximum Gasteiger partial charge on any atom is 0.323 e. The highest BCUT2D eigenvalue weighted by Crippen LogP contribution is 2.24. The van der Waals surface area contributed by atoms with Gasteiger partial charge in [-0.3, -0.25) is 4.79 Å². The summed E-state index contributed by atoms with van der Waals surface area (Å²) in [5.41, 5.74) is 3.06. The van der Waals surface area contributed by atoms with E-state index in [-0.39, 0.29) is 11.5 Å². The number of aryl methyl sites for hydroxylation is 1. The molecule has 4 nitrogen and oxygen atoms in total. The molecular formula is C10H8N2O2. The Morgan fingerprint density at radius 3 is 2.50 bits per heavy atom. The second-order valence-electron chi connectivity index (χ2n) is 3.56. The number of rotatable bonds is 0. The van der Waals surface area contributed by atoms with Crippen LogP contribution in [0.1, 0.15) is 22.3 Å². The van der Waals surface area contributed by atoms with Gasteiger partial charge in [0.1, 0.15) is 0 Å². The first kappa shape index (κ1) is 7.55. The molecule has 0 aliphatic heterocycles. The monoisotopic (exact) mass is 188 g/mol. The van der Waals surface area contributed by atoms with E-state index < -0.39 is 0 Å². The van der Waals surface area contributed by atoms with Crippen molar-refractivity contribution < 1.29 is 4.79 Å². The molecule has 0 bridgehead atoms. The van der Waals surface area contributed by atoms with Crippen LogP contribution in [-0.2, 0) is 6.42 Å². The van der Waals surface area contributed by atoms with Crippen molar-refractivity contribution in [1.82, 2.24) is 9.97 Å². The fraction of sp³-hybridized carbons (Fsp3) is 0.200. The van der Waals surface area contributed by atoms with Crippen LogP contribution in [0.15, 0.2) is 16.9 Å². The quantitative estimate of drug-likeness (QED) is 0.647. The molecule has 1 aromatic carbocycles. The van der Waals surface area contributed by atoms with Gasteiger partial charge in [0, 0.05) is 12.0 Å². The van der Waals surface area contributed by atoms with Crippen molar-refractivity contribution in [2.24, 2.45) is 0 Å². The van der Waals surface area contributed by atoms with E-state index >= 15 is 0 Å². The molecule has 0 amide bonds. The fourth-order valence-corrected chi connectivity index (χ4v) is 1.98. The van der Waals surface area contributed by atoms with E-state index in [1.54, 1.807) is 6.07 Å². The molecule has 0 unspecified atom stereocenters. The van der Waals surface area contributed by atoms with E-state index in [1.807, 2.05) is 6.07 Å². The van der Waals surface area contributed by atoms with E-state index in [4.69, 9.17) is 0 Å². The molecule has 0 saturated carbocycles. The number of Topliss-reactive ketones (excluding diaryl/α,β-unsaturated/α-hetero) is 1. The number of aromatic nitrogens is 2. The minimum absolute atomic E-state index is 0.170. The fourth-order valence-electron chi connectivity index (χ4n) is 1.98. The summed E-state index contributed by atoms with van der Waals surface area (Å²) in [6, 6.07) is 3.64. The van der Waals surface area contributed by atoms with Gasteiger partial charge in [0.15, 0.2) is 5.78 Å². The lowest BCUT2D eigenvalue weighted by atomic mass is 10.1. The van der Waals surface area contributed by atoms with Crippen LogP contribution in [0.3, 0.4) is 0 Å². The zero-order valence-electron chi connectivity index (χ0n) is 7.39. The van der Waals surface area contributed by atoms with E-state index in [0.717, 1.165) is 23.1 Å². The Balaban J connectivity index is 2.42. The van der Waals surface area contributed by atoms with Crippen molar-refractivity contribution in [2.45, 2.75) is 12.8 Å². The van der Waals surface area contributed by atoms with Gasteiger partial charge in [0.25, 0.3) is 0 Å². The lowest BCUT2D eigenvalue weighted by Crippen LogP contribution is -1.99. The van der Waals surface area contributed by atoms with Gasteiger partial charge in [-0.25, -0.2) is 4.79 Å². The molecule has 4 heteroatoms. The van der Waals surface area contributed by atoms with Crippen LogP contribution in [0.25, 0.3) is 11.0 Å². The normalized spacial score (nSPS) is 15.0. The van der Waals surface area contributed by atoms with Gasteiger partial charge in [0.2, 0.25) is 0 Å². The van der Waals surface area contributed by atoms with Crippen LogP contribution >= 0.6 is 0 Å². The highest BCUT2D eigenvalue weighted by atomic mass is 16.1. The van der Waals surface area contributed by atoms with Gasteiger partial charge in [-0.1, -0.05) is 0 Å². The first-order valence-corrected chi connectivity index (χ1v) is 4.52. The summed E-state index contributed by atoms with van der Waals surface area (Å²) in [5, 5.41) is 0. The number of nitrogens with one attached hydrogen (secondary N) is 2. The van der Waals surface area contributed by atoms with Crippen molar-refractivity contribution in [2.75, 3.05) is 0 Å². The Hall–Kier alpha value is -1.84. The number of ketones is 1. The average Bonchev–Trinajstić information content (AvgIpc) is 2.66. The molecule has 1 aliphatic carbocycles. The minimum atomic E-state index is -0.226. The molecule has 1 aliphatic rings. The molecule has 14 heavy (non-hydrogen) atoms. The van der Waals surface area contributed by atoms with Gasteiger partial charge in [-0.15, -0.1) is 0 Å². The summed E-state index contributed by atoms with van der Waals surface area (Å²) < 4.78 is 0. The maximum atomic E-state index is 11.4. The number of fused-ring (bicyclic) bond motifs is 2. The van der Waals surface area contributed by atoms with Crippen LogP contribution in [0.5, 0.6) is 0 Å². The van der Waals surface area contributed by atoms with E-state index in [9.17, 15) is 9.59 Å². The highest BCUT2D eigenvalue weighted by Gasteiger charge is 2.20. The Morgan fingerprint density at radius 1 is 1.00 bits per heavy atom. The summed E-state index contributed by atoms with van der Waals surface area (Å²) in [7, 11) is 0. The second-order valence-corrected chi connectivity index (χ2v) is 3.56. The number of H-pyrrole nitrogens is 2. The first-order chi connectivity index (χ1) is 6.74. The topological polar surface area (TPSA) is 65.7 Å². The molecule has 1 aromatic heterocycles. The Bertz CT molecular complexity index is 592. The molecule has 0 spiro atoms. The van der Waals surface area contributed by atoms with Crippen LogP contribution in [-0.4, -0.2) is 15.8 Å². The molecule has 1 heterocycles. The van der Waals surface area contributed by atoms with Crippen LogP contribution < -0.4 is 5.69 Å². The summed E-state index contributed by atoms with van der Waals surface area (Å²) in [6.07, 6.45) is 1.38. The van der Waals surface area contributed by atoms with Crippen LogP contribution in [0.4, 0.5) is 0 Å². The SMILES string of the molecule is O=C1CCc2cc3[nH]c(=O)[nH]c3cc21.